The molecule has 1 aromatic rings. The molecule has 0 radical (unpaired) electrons. The van der Waals surface area contributed by atoms with Gasteiger partial charge in [-0.25, -0.2) is 4.98 Å². The summed E-state index contributed by atoms with van der Waals surface area (Å²) >= 11 is 0. The monoisotopic (exact) mass is 271 g/mol. The maximum absolute atomic E-state index is 12.5. The Morgan fingerprint density at radius 2 is 2.00 bits per heavy atom. The first-order chi connectivity index (χ1) is 8.16. The summed E-state index contributed by atoms with van der Waals surface area (Å²) < 4.78 is 62.1. The number of nitrogens with one attached hydrogen (secondary N) is 1. The average Bonchev–Trinajstić information content (AvgIpc) is 2.62. The third-order valence-electron chi connectivity index (χ3n) is 2.20. The molecule has 1 N–H and O–H groups in total. The number of halogens is 5. The van der Waals surface area contributed by atoms with Crippen molar-refractivity contribution in [2.75, 3.05) is 6.54 Å². The lowest BCUT2D eigenvalue weighted by atomic mass is 10.3. The molecule has 0 saturated carbocycles. The van der Waals surface area contributed by atoms with Crippen molar-refractivity contribution in [2.24, 2.45) is 7.05 Å². The van der Waals surface area contributed by atoms with Crippen molar-refractivity contribution in [3.63, 3.8) is 0 Å². The molecule has 0 unspecified atom stereocenters. The number of amides is 1. The number of aromatic nitrogens is 2. The van der Waals surface area contributed by atoms with Crippen LogP contribution in [0.3, 0.4) is 0 Å². The Bertz CT molecular complexity index is 426. The lowest BCUT2D eigenvalue weighted by molar-refractivity contribution is -0.269. The van der Waals surface area contributed by atoms with Crippen LogP contribution in [0.4, 0.5) is 22.0 Å². The van der Waals surface area contributed by atoms with E-state index in [4.69, 9.17) is 0 Å². The molecule has 9 heteroatoms. The summed E-state index contributed by atoms with van der Waals surface area (Å²) in [4.78, 5) is 14.5. The Kier molecular flexibility index (Phi) is 3.92. The maximum atomic E-state index is 12.5. The van der Waals surface area contributed by atoms with Crippen LogP contribution in [-0.4, -0.2) is 34.1 Å². The van der Waals surface area contributed by atoms with Crippen molar-refractivity contribution in [3.8, 4) is 0 Å². The molecular formula is C9H10F5N3O. The molecule has 0 aliphatic carbocycles. The standard InChI is InChI=1S/C9H10F5N3O/c1-17-5-4-15-6(17)2-3-16-7(18)8(10,11)9(12,13)14/h4-5H,2-3H2,1H3,(H,16,18). The van der Waals surface area contributed by atoms with Crippen molar-refractivity contribution in [3.05, 3.63) is 18.2 Å². The molecule has 0 fully saturated rings. The van der Waals surface area contributed by atoms with Crippen molar-refractivity contribution >= 4 is 5.91 Å². The number of aryl methyl sites for hydroxylation is 1. The lowest BCUT2D eigenvalue weighted by Gasteiger charge is -2.18. The van der Waals surface area contributed by atoms with Crippen LogP contribution >= 0.6 is 0 Å². The molecule has 0 aromatic carbocycles. The number of alkyl halides is 5. The SMILES string of the molecule is Cn1ccnc1CCNC(=O)C(F)(F)C(F)(F)F. The summed E-state index contributed by atoms with van der Waals surface area (Å²) in [5.74, 6) is -7.27. The Balaban J connectivity index is 2.50. The first kappa shape index (κ1) is 14.4. The van der Waals surface area contributed by atoms with Gasteiger partial charge in [-0.1, -0.05) is 0 Å². The van der Waals surface area contributed by atoms with Gasteiger partial charge in [0.25, 0.3) is 5.91 Å². The Labute approximate surface area is 98.8 Å². The van der Waals surface area contributed by atoms with E-state index >= 15 is 0 Å². The highest BCUT2D eigenvalue weighted by atomic mass is 19.4. The topological polar surface area (TPSA) is 46.9 Å². The lowest BCUT2D eigenvalue weighted by Crippen LogP contribution is -2.50. The third-order valence-corrected chi connectivity index (χ3v) is 2.20. The minimum Gasteiger partial charge on any atom is -0.350 e. The fraction of sp³-hybridized carbons (Fsp3) is 0.556. The highest BCUT2D eigenvalue weighted by Crippen LogP contribution is 2.35. The molecule has 18 heavy (non-hydrogen) atoms. The second-order valence-corrected chi connectivity index (χ2v) is 3.53. The molecule has 0 saturated heterocycles. The third kappa shape index (κ3) is 2.96. The zero-order valence-electron chi connectivity index (χ0n) is 9.26. The minimum absolute atomic E-state index is 0.0587. The molecule has 4 nitrogen and oxygen atoms in total. The molecule has 0 atom stereocenters. The van der Waals surface area contributed by atoms with E-state index in [0.717, 1.165) is 0 Å². The van der Waals surface area contributed by atoms with E-state index in [0.29, 0.717) is 5.82 Å². The first-order valence-corrected chi connectivity index (χ1v) is 4.85. The molecule has 1 rings (SSSR count). The second-order valence-electron chi connectivity index (χ2n) is 3.53. The van der Waals surface area contributed by atoms with E-state index in [-0.39, 0.29) is 13.0 Å². The zero-order valence-corrected chi connectivity index (χ0v) is 9.26. The Morgan fingerprint density at radius 3 is 2.44 bits per heavy atom. The predicted octanol–water partition coefficient (Wildman–Crippen LogP) is 1.28. The van der Waals surface area contributed by atoms with Crippen LogP contribution in [0.5, 0.6) is 0 Å². The summed E-state index contributed by atoms with van der Waals surface area (Å²) in [5.41, 5.74) is 0. The van der Waals surface area contributed by atoms with Crippen molar-refractivity contribution in [1.82, 2.24) is 14.9 Å². The van der Waals surface area contributed by atoms with E-state index in [1.807, 2.05) is 0 Å². The van der Waals surface area contributed by atoms with Crippen molar-refractivity contribution in [2.45, 2.75) is 18.5 Å². The molecular weight excluding hydrogens is 261 g/mol. The number of rotatable bonds is 4. The van der Waals surface area contributed by atoms with Gasteiger partial charge in [0.2, 0.25) is 0 Å². The van der Waals surface area contributed by atoms with Crippen LogP contribution in [0, 0.1) is 0 Å². The molecule has 0 bridgehead atoms. The van der Waals surface area contributed by atoms with Crippen LogP contribution in [0.1, 0.15) is 5.82 Å². The number of hydrogen-bond donors (Lipinski definition) is 1. The fourth-order valence-corrected chi connectivity index (χ4v) is 1.16. The normalized spacial score (nSPS) is 12.6. The van der Waals surface area contributed by atoms with Gasteiger partial charge in [-0.15, -0.1) is 0 Å². The summed E-state index contributed by atoms with van der Waals surface area (Å²) in [6, 6.07) is 0. The van der Waals surface area contributed by atoms with Gasteiger partial charge < -0.3 is 9.88 Å². The van der Waals surface area contributed by atoms with E-state index in [9.17, 15) is 26.7 Å². The summed E-state index contributed by atoms with van der Waals surface area (Å²) in [7, 11) is 1.63. The van der Waals surface area contributed by atoms with Crippen LogP contribution in [0.25, 0.3) is 0 Å². The second kappa shape index (κ2) is 4.91. The summed E-state index contributed by atoms with van der Waals surface area (Å²) in [6.45, 7) is -0.352. The first-order valence-electron chi connectivity index (χ1n) is 4.85. The predicted molar refractivity (Wildman–Crippen MR) is 50.9 cm³/mol. The van der Waals surface area contributed by atoms with Crippen molar-refractivity contribution < 1.29 is 26.7 Å². The Hall–Kier alpha value is -1.67. The number of hydrogen-bond acceptors (Lipinski definition) is 2. The van der Waals surface area contributed by atoms with Crippen LogP contribution in [0.15, 0.2) is 12.4 Å². The highest BCUT2D eigenvalue weighted by Gasteiger charge is 2.63. The van der Waals surface area contributed by atoms with Gasteiger partial charge in [-0.3, -0.25) is 4.79 Å². The minimum atomic E-state index is -5.89. The smallest absolute Gasteiger partial charge is 0.350 e. The number of nitrogens with zero attached hydrogens (tertiary/aromatic N) is 2. The van der Waals surface area contributed by atoms with Crippen LogP contribution in [-0.2, 0) is 18.3 Å². The summed E-state index contributed by atoms with van der Waals surface area (Å²) in [6.07, 6.45) is -2.80. The molecule has 0 aliphatic rings. The molecule has 1 aromatic heterocycles. The van der Waals surface area contributed by atoms with E-state index < -0.39 is 18.0 Å². The van der Waals surface area contributed by atoms with Crippen LogP contribution < -0.4 is 5.32 Å². The number of carbonyl (C=O) groups excluding carboxylic acids is 1. The largest absolute Gasteiger partial charge is 0.463 e. The maximum Gasteiger partial charge on any atom is 0.463 e. The van der Waals surface area contributed by atoms with Gasteiger partial charge in [-0.2, -0.15) is 22.0 Å². The van der Waals surface area contributed by atoms with E-state index in [1.54, 1.807) is 17.8 Å². The molecule has 0 spiro atoms. The highest BCUT2D eigenvalue weighted by molar-refractivity contribution is 5.84. The van der Waals surface area contributed by atoms with E-state index in [2.05, 4.69) is 4.98 Å². The van der Waals surface area contributed by atoms with Gasteiger partial charge in [0.05, 0.1) is 0 Å². The molecule has 102 valence electrons. The average molecular weight is 271 g/mol. The van der Waals surface area contributed by atoms with Crippen LogP contribution in [0.2, 0.25) is 0 Å². The molecule has 1 amide bonds. The van der Waals surface area contributed by atoms with Gasteiger partial charge in [0.1, 0.15) is 5.82 Å². The number of imidazole rings is 1. The zero-order chi connectivity index (χ0) is 14.0. The Morgan fingerprint density at radius 1 is 1.39 bits per heavy atom. The quantitative estimate of drug-likeness (QED) is 0.838. The fourth-order valence-electron chi connectivity index (χ4n) is 1.16. The van der Waals surface area contributed by atoms with Gasteiger partial charge in [0, 0.05) is 32.4 Å². The van der Waals surface area contributed by atoms with Crippen molar-refractivity contribution in [1.29, 1.82) is 0 Å². The number of carbonyl (C=O) groups is 1. The van der Waals surface area contributed by atoms with Gasteiger partial charge in [-0.05, 0) is 0 Å². The van der Waals surface area contributed by atoms with E-state index in [1.165, 1.54) is 11.5 Å². The summed E-state index contributed by atoms with van der Waals surface area (Å²) in [5, 5.41) is 1.53. The molecule has 0 aliphatic heterocycles. The van der Waals surface area contributed by atoms with Gasteiger partial charge >= 0.3 is 12.1 Å². The molecule has 1 heterocycles. The van der Waals surface area contributed by atoms with Gasteiger partial charge in [0.15, 0.2) is 0 Å².